The number of carbonyl (C=O) groups excluding carboxylic acids is 1. The van der Waals surface area contributed by atoms with Crippen molar-refractivity contribution in [3.63, 3.8) is 0 Å². The molecule has 0 N–H and O–H groups in total. The van der Waals surface area contributed by atoms with Crippen molar-refractivity contribution in [2.75, 3.05) is 13.7 Å². The van der Waals surface area contributed by atoms with Gasteiger partial charge in [-0.1, -0.05) is 23.9 Å². The molecule has 0 saturated carbocycles. The van der Waals surface area contributed by atoms with E-state index in [2.05, 4.69) is 10.2 Å². The van der Waals surface area contributed by atoms with E-state index in [1.54, 1.807) is 6.92 Å². The van der Waals surface area contributed by atoms with E-state index in [-0.39, 0.29) is 17.3 Å². The molecule has 8 heteroatoms. The van der Waals surface area contributed by atoms with Gasteiger partial charge in [-0.05, 0) is 19.1 Å². The molecule has 0 radical (unpaired) electrons. The third kappa shape index (κ3) is 3.12. The minimum atomic E-state index is -0.361. The van der Waals surface area contributed by atoms with E-state index in [0.717, 1.165) is 5.75 Å². The highest BCUT2D eigenvalue weighted by Crippen LogP contribution is 2.36. The van der Waals surface area contributed by atoms with E-state index >= 15 is 0 Å². The first kappa shape index (κ1) is 15.7. The molecule has 2 aromatic rings. The highest BCUT2D eigenvalue weighted by atomic mass is 32.2. The second-order valence-electron chi connectivity index (χ2n) is 5.05. The molecular weight excluding hydrogens is 318 g/mol. The quantitative estimate of drug-likeness (QED) is 0.624. The Balaban J connectivity index is 1.76. The zero-order valence-electron chi connectivity index (χ0n) is 13.1. The van der Waals surface area contributed by atoms with E-state index in [1.807, 2.05) is 35.9 Å². The summed E-state index contributed by atoms with van der Waals surface area (Å²) in [7, 11) is 3.21. The first-order chi connectivity index (χ1) is 11.1. The van der Waals surface area contributed by atoms with Gasteiger partial charge in [-0.2, -0.15) is 0 Å². The van der Waals surface area contributed by atoms with Crippen LogP contribution >= 0.6 is 11.8 Å². The van der Waals surface area contributed by atoms with Crippen molar-refractivity contribution in [3.8, 4) is 11.5 Å². The summed E-state index contributed by atoms with van der Waals surface area (Å²) in [5, 5.41) is 8.59. The van der Waals surface area contributed by atoms with Gasteiger partial charge in [0.2, 0.25) is 0 Å². The average molecular weight is 335 g/mol. The van der Waals surface area contributed by atoms with Crippen molar-refractivity contribution < 1.29 is 19.0 Å². The Morgan fingerprint density at radius 2 is 2.13 bits per heavy atom. The number of esters is 1. The number of aromatic nitrogens is 3. The molecular formula is C15H17N3O4S. The molecule has 0 amide bonds. The van der Waals surface area contributed by atoms with Crippen LogP contribution in [-0.2, 0) is 16.6 Å². The lowest BCUT2D eigenvalue weighted by Crippen LogP contribution is -2.24. The lowest BCUT2D eigenvalue weighted by Gasteiger charge is -2.25. The summed E-state index contributed by atoms with van der Waals surface area (Å²) in [5.74, 6) is 1.76. The molecule has 1 aliphatic heterocycles. The molecule has 122 valence electrons. The largest absolute Gasteiger partial charge is 0.485 e. The van der Waals surface area contributed by atoms with Gasteiger partial charge in [0.05, 0.1) is 7.11 Å². The van der Waals surface area contributed by atoms with Crippen LogP contribution in [0.3, 0.4) is 0 Å². The van der Waals surface area contributed by atoms with Crippen molar-refractivity contribution in [1.29, 1.82) is 0 Å². The molecule has 2 heterocycles. The highest BCUT2D eigenvalue weighted by molar-refractivity contribution is 8.00. The summed E-state index contributed by atoms with van der Waals surface area (Å²) in [6.07, 6.45) is -0.342. The van der Waals surface area contributed by atoms with Crippen molar-refractivity contribution >= 4 is 17.7 Å². The molecule has 0 aliphatic carbocycles. The van der Waals surface area contributed by atoms with Crippen LogP contribution in [0.5, 0.6) is 11.5 Å². The monoisotopic (exact) mass is 335 g/mol. The predicted octanol–water partition coefficient (Wildman–Crippen LogP) is 1.98. The SMILES string of the molecule is COC(=O)[C@H](C)Sc1nnc([C@@H]2COc3ccccc3O2)n1C. The lowest BCUT2D eigenvalue weighted by atomic mass is 10.2. The van der Waals surface area contributed by atoms with Gasteiger partial charge in [0.1, 0.15) is 11.9 Å². The molecule has 2 atom stereocenters. The number of carbonyl (C=O) groups is 1. The highest BCUT2D eigenvalue weighted by Gasteiger charge is 2.28. The van der Waals surface area contributed by atoms with Gasteiger partial charge in [0, 0.05) is 7.05 Å². The van der Waals surface area contributed by atoms with Crippen molar-refractivity contribution in [1.82, 2.24) is 14.8 Å². The Hall–Kier alpha value is -2.22. The summed E-state index contributed by atoms with van der Waals surface area (Å²) in [6.45, 7) is 2.13. The summed E-state index contributed by atoms with van der Waals surface area (Å²) < 4.78 is 18.2. The fourth-order valence-electron chi connectivity index (χ4n) is 2.23. The maximum Gasteiger partial charge on any atom is 0.318 e. The van der Waals surface area contributed by atoms with Gasteiger partial charge in [0.25, 0.3) is 0 Å². The molecule has 3 rings (SSSR count). The standard InChI is InChI=1S/C15H17N3O4S/c1-9(14(19)20-3)23-15-17-16-13(18(15)2)12-8-21-10-6-4-5-7-11(10)22-12/h4-7,9,12H,8H2,1-3H3/t9-,12-/m0/s1. The first-order valence-corrected chi connectivity index (χ1v) is 8.00. The molecule has 0 saturated heterocycles. The number of para-hydroxylation sites is 2. The van der Waals surface area contributed by atoms with Gasteiger partial charge < -0.3 is 18.8 Å². The number of thioether (sulfide) groups is 1. The maximum atomic E-state index is 11.5. The lowest BCUT2D eigenvalue weighted by molar-refractivity contribution is -0.139. The van der Waals surface area contributed by atoms with Crippen molar-refractivity contribution in [2.45, 2.75) is 23.4 Å². The molecule has 1 aromatic heterocycles. The third-order valence-corrected chi connectivity index (χ3v) is 4.59. The van der Waals surface area contributed by atoms with Crippen LogP contribution in [0.1, 0.15) is 18.9 Å². The van der Waals surface area contributed by atoms with E-state index in [0.29, 0.717) is 23.3 Å². The van der Waals surface area contributed by atoms with Crippen LogP contribution in [0, 0.1) is 0 Å². The van der Waals surface area contributed by atoms with Gasteiger partial charge >= 0.3 is 5.97 Å². The zero-order chi connectivity index (χ0) is 16.4. The van der Waals surface area contributed by atoms with Crippen LogP contribution in [0.25, 0.3) is 0 Å². The Kier molecular flexibility index (Phi) is 4.42. The average Bonchev–Trinajstić information content (AvgIpc) is 2.94. The van der Waals surface area contributed by atoms with Crippen LogP contribution in [0.2, 0.25) is 0 Å². The summed E-state index contributed by atoms with van der Waals surface area (Å²) in [5.41, 5.74) is 0. The van der Waals surface area contributed by atoms with Crippen LogP contribution in [0.4, 0.5) is 0 Å². The van der Waals surface area contributed by atoms with E-state index in [1.165, 1.54) is 18.9 Å². The Bertz CT molecular complexity index is 718. The fraction of sp³-hybridized carbons (Fsp3) is 0.400. The molecule has 0 spiro atoms. The van der Waals surface area contributed by atoms with E-state index in [9.17, 15) is 4.79 Å². The Morgan fingerprint density at radius 3 is 2.87 bits per heavy atom. The number of nitrogens with zero attached hydrogens (tertiary/aromatic N) is 3. The van der Waals surface area contributed by atoms with Crippen LogP contribution in [0.15, 0.2) is 29.4 Å². The molecule has 1 aromatic carbocycles. The fourth-order valence-corrected chi connectivity index (χ4v) is 3.08. The number of ether oxygens (including phenoxy) is 3. The zero-order valence-corrected chi connectivity index (χ0v) is 13.9. The van der Waals surface area contributed by atoms with Crippen LogP contribution in [-0.4, -0.2) is 39.7 Å². The van der Waals surface area contributed by atoms with Gasteiger partial charge in [-0.15, -0.1) is 10.2 Å². The molecule has 0 unspecified atom stereocenters. The second kappa shape index (κ2) is 6.49. The summed E-state index contributed by atoms with van der Waals surface area (Å²) in [4.78, 5) is 11.5. The number of benzene rings is 1. The van der Waals surface area contributed by atoms with E-state index in [4.69, 9.17) is 14.2 Å². The molecule has 0 fully saturated rings. The number of methoxy groups -OCH3 is 1. The van der Waals surface area contributed by atoms with Gasteiger partial charge in [0.15, 0.2) is 28.6 Å². The van der Waals surface area contributed by atoms with Crippen molar-refractivity contribution in [3.05, 3.63) is 30.1 Å². The number of fused-ring (bicyclic) bond motifs is 1. The molecule has 0 bridgehead atoms. The second-order valence-corrected chi connectivity index (χ2v) is 6.36. The van der Waals surface area contributed by atoms with E-state index < -0.39 is 0 Å². The molecule has 7 nitrogen and oxygen atoms in total. The Labute approximate surface area is 137 Å². The van der Waals surface area contributed by atoms with Crippen molar-refractivity contribution in [2.24, 2.45) is 7.05 Å². The molecule has 1 aliphatic rings. The van der Waals surface area contributed by atoms with Gasteiger partial charge in [-0.25, -0.2) is 0 Å². The number of hydrogen-bond donors (Lipinski definition) is 0. The Morgan fingerprint density at radius 1 is 1.39 bits per heavy atom. The normalized spacial score (nSPS) is 17.6. The minimum absolute atomic E-state index is 0.300. The number of hydrogen-bond acceptors (Lipinski definition) is 7. The third-order valence-electron chi connectivity index (χ3n) is 3.48. The predicted molar refractivity (Wildman–Crippen MR) is 83.6 cm³/mol. The topological polar surface area (TPSA) is 75.5 Å². The minimum Gasteiger partial charge on any atom is -0.485 e. The number of rotatable bonds is 4. The first-order valence-electron chi connectivity index (χ1n) is 7.12. The van der Waals surface area contributed by atoms with Crippen LogP contribution < -0.4 is 9.47 Å². The van der Waals surface area contributed by atoms with Gasteiger partial charge in [-0.3, -0.25) is 4.79 Å². The summed E-state index contributed by atoms with van der Waals surface area (Å²) >= 11 is 1.29. The smallest absolute Gasteiger partial charge is 0.318 e. The summed E-state index contributed by atoms with van der Waals surface area (Å²) in [6, 6.07) is 7.50. The maximum absolute atomic E-state index is 11.5. The molecule has 23 heavy (non-hydrogen) atoms.